The van der Waals surface area contributed by atoms with Gasteiger partial charge in [-0.1, -0.05) is 25.1 Å². The highest BCUT2D eigenvalue weighted by molar-refractivity contribution is 7.19. The molecule has 1 aromatic heterocycles. The second-order valence-electron chi connectivity index (χ2n) is 4.53. The first-order valence-corrected chi connectivity index (χ1v) is 7.07. The highest BCUT2D eigenvalue weighted by atomic mass is 35.5. The van der Waals surface area contributed by atoms with E-state index < -0.39 is 0 Å². The van der Waals surface area contributed by atoms with Crippen molar-refractivity contribution >= 4 is 40.2 Å². The third-order valence-electron chi connectivity index (χ3n) is 3.37. The number of fused-ring (bicyclic) bond motifs is 1. The summed E-state index contributed by atoms with van der Waals surface area (Å²) in [4.78, 5) is 5.98. The number of rotatable bonds is 2. The van der Waals surface area contributed by atoms with E-state index in [4.69, 9.17) is 0 Å². The van der Waals surface area contributed by atoms with E-state index in [1.165, 1.54) is 26.1 Å². The highest BCUT2D eigenvalue weighted by Crippen LogP contribution is 2.40. The molecule has 4 heteroatoms. The van der Waals surface area contributed by atoms with Crippen molar-refractivity contribution in [2.24, 2.45) is 4.99 Å². The molecule has 2 aromatic rings. The molecule has 3 rings (SSSR count). The molecule has 1 aliphatic heterocycles. The molecule has 0 aliphatic carbocycles. The van der Waals surface area contributed by atoms with E-state index in [0.717, 1.165) is 6.42 Å². The lowest BCUT2D eigenvalue weighted by Gasteiger charge is -2.17. The van der Waals surface area contributed by atoms with Crippen LogP contribution in [0.1, 0.15) is 30.3 Å². The number of aryl methyl sites for hydroxylation is 1. The van der Waals surface area contributed by atoms with Gasteiger partial charge >= 0.3 is 0 Å². The molecule has 0 saturated heterocycles. The van der Waals surface area contributed by atoms with Gasteiger partial charge in [0.15, 0.2) is 0 Å². The van der Waals surface area contributed by atoms with E-state index in [1.54, 1.807) is 6.34 Å². The van der Waals surface area contributed by atoms with E-state index >= 15 is 0 Å². The van der Waals surface area contributed by atoms with E-state index in [-0.39, 0.29) is 18.4 Å². The maximum atomic E-state index is 4.59. The first-order valence-electron chi connectivity index (χ1n) is 6.26. The Balaban J connectivity index is 0.00000133. The Morgan fingerprint density at radius 3 is 2.84 bits per heavy atom. The van der Waals surface area contributed by atoms with Gasteiger partial charge in [0.2, 0.25) is 0 Å². The van der Waals surface area contributed by atoms with Crippen molar-refractivity contribution in [1.82, 2.24) is 5.32 Å². The molecule has 1 aliphatic rings. The quantitative estimate of drug-likeness (QED) is 0.868. The van der Waals surface area contributed by atoms with Gasteiger partial charge in [-0.3, -0.25) is 4.99 Å². The molecule has 2 heterocycles. The third kappa shape index (κ3) is 2.40. The topological polar surface area (TPSA) is 24.4 Å². The lowest BCUT2D eigenvalue weighted by atomic mass is 10.0. The van der Waals surface area contributed by atoms with Crippen LogP contribution >= 0.6 is 23.7 Å². The number of aliphatic imine (C=N–C) groups is 1. The largest absolute Gasteiger partial charge is 0.353 e. The molecule has 1 unspecified atom stereocenters. The Hall–Kier alpha value is -1.32. The van der Waals surface area contributed by atoms with Crippen LogP contribution in [0.2, 0.25) is 0 Å². The molecular weight excluding hydrogens is 276 g/mol. The lowest BCUT2D eigenvalue weighted by Crippen LogP contribution is -2.12. The summed E-state index contributed by atoms with van der Waals surface area (Å²) in [6.45, 7) is 4.36. The van der Waals surface area contributed by atoms with Gasteiger partial charge in [-0.05, 0) is 35.9 Å². The summed E-state index contributed by atoms with van der Waals surface area (Å²) in [5, 5.41) is 4.45. The number of hydrogen-bond acceptors (Lipinski definition) is 3. The summed E-state index contributed by atoms with van der Waals surface area (Å²) in [5.74, 6) is 0. The fraction of sp³-hybridized carbons (Fsp3) is 0.267. The van der Waals surface area contributed by atoms with Crippen molar-refractivity contribution in [1.29, 1.82) is 0 Å². The summed E-state index contributed by atoms with van der Waals surface area (Å²) in [6.07, 6.45) is 4.90. The van der Waals surface area contributed by atoms with E-state index in [0.29, 0.717) is 0 Å². The number of nitrogens with one attached hydrogen (secondary N) is 1. The van der Waals surface area contributed by atoms with Crippen molar-refractivity contribution in [3.8, 4) is 0 Å². The monoisotopic (exact) mass is 292 g/mol. The number of nitrogens with zero attached hydrogens (tertiary/aromatic N) is 1. The molecule has 19 heavy (non-hydrogen) atoms. The Kier molecular flexibility index (Phi) is 4.27. The fourth-order valence-corrected chi connectivity index (χ4v) is 3.88. The maximum absolute atomic E-state index is 4.59. The van der Waals surface area contributed by atoms with Gasteiger partial charge in [0.05, 0.1) is 6.34 Å². The second-order valence-corrected chi connectivity index (χ2v) is 5.61. The molecule has 0 radical (unpaired) electrons. The molecule has 0 saturated carbocycles. The first-order chi connectivity index (χ1) is 8.81. The van der Waals surface area contributed by atoms with Crippen molar-refractivity contribution in [2.75, 3.05) is 0 Å². The summed E-state index contributed by atoms with van der Waals surface area (Å²) >= 11 is 1.88. The molecule has 2 nitrogen and oxygen atoms in total. The summed E-state index contributed by atoms with van der Waals surface area (Å²) in [5.41, 5.74) is 2.73. The van der Waals surface area contributed by atoms with Crippen LogP contribution in [-0.2, 0) is 6.42 Å². The zero-order chi connectivity index (χ0) is 12.5. The zero-order valence-electron chi connectivity index (χ0n) is 11.0. The van der Waals surface area contributed by atoms with Gasteiger partial charge in [0.25, 0.3) is 0 Å². The maximum Gasteiger partial charge on any atom is 0.109 e. The minimum absolute atomic E-state index is 0. The molecular formula is C15H17ClN2S. The van der Waals surface area contributed by atoms with Crippen LogP contribution in [0.5, 0.6) is 0 Å². The third-order valence-corrected chi connectivity index (χ3v) is 4.64. The van der Waals surface area contributed by atoms with Gasteiger partial charge in [0, 0.05) is 15.8 Å². The molecule has 1 aromatic carbocycles. The predicted octanol–water partition coefficient (Wildman–Crippen LogP) is 4.46. The van der Waals surface area contributed by atoms with Gasteiger partial charge in [-0.25, -0.2) is 0 Å². The molecule has 1 atom stereocenters. The Bertz CT molecular complexity index is 643. The van der Waals surface area contributed by atoms with Crippen molar-refractivity contribution in [2.45, 2.75) is 26.3 Å². The predicted molar refractivity (Wildman–Crippen MR) is 86.6 cm³/mol. The smallest absolute Gasteiger partial charge is 0.109 e. The number of benzene rings is 1. The van der Waals surface area contributed by atoms with Crippen LogP contribution in [0, 0.1) is 0 Å². The van der Waals surface area contributed by atoms with Crippen LogP contribution < -0.4 is 5.32 Å². The van der Waals surface area contributed by atoms with Gasteiger partial charge in [-0.15, -0.1) is 23.7 Å². The minimum atomic E-state index is 0. The Labute approximate surface area is 123 Å². The van der Waals surface area contributed by atoms with Gasteiger partial charge in [0.1, 0.15) is 6.04 Å². The van der Waals surface area contributed by atoms with Crippen molar-refractivity contribution in [3.63, 3.8) is 0 Å². The summed E-state index contributed by atoms with van der Waals surface area (Å²) < 4.78 is 1.37. The molecule has 0 bridgehead atoms. The Morgan fingerprint density at radius 1 is 1.32 bits per heavy atom. The minimum Gasteiger partial charge on any atom is -0.353 e. The first kappa shape index (κ1) is 14.1. The average molecular weight is 293 g/mol. The summed E-state index contributed by atoms with van der Waals surface area (Å²) in [7, 11) is 0. The van der Waals surface area contributed by atoms with Crippen molar-refractivity contribution in [3.05, 3.63) is 46.5 Å². The van der Waals surface area contributed by atoms with E-state index in [1.807, 2.05) is 17.5 Å². The second kappa shape index (κ2) is 5.76. The lowest BCUT2D eigenvalue weighted by molar-refractivity contribution is 0.825. The molecule has 1 N–H and O–H groups in total. The van der Waals surface area contributed by atoms with Crippen molar-refractivity contribution < 1.29 is 0 Å². The number of halogens is 1. The summed E-state index contributed by atoms with van der Waals surface area (Å²) in [6, 6.07) is 8.84. The SMILES string of the molecule is CCc1c(C2N=CNC=C2C)sc2ccccc12.Cl. The van der Waals surface area contributed by atoms with Crippen LogP contribution in [0.3, 0.4) is 0 Å². The van der Waals surface area contributed by atoms with Crippen LogP contribution in [0.15, 0.2) is 41.0 Å². The highest BCUT2D eigenvalue weighted by Gasteiger charge is 2.21. The van der Waals surface area contributed by atoms with Gasteiger partial charge in [-0.2, -0.15) is 0 Å². The molecule has 100 valence electrons. The average Bonchev–Trinajstić information content (AvgIpc) is 2.77. The fourth-order valence-electron chi connectivity index (χ4n) is 2.46. The zero-order valence-corrected chi connectivity index (χ0v) is 12.6. The van der Waals surface area contributed by atoms with Crippen LogP contribution in [-0.4, -0.2) is 6.34 Å². The van der Waals surface area contributed by atoms with E-state index in [9.17, 15) is 0 Å². The van der Waals surface area contributed by atoms with E-state index in [2.05, 4.69) is 48.4 Å². The number of hydrogen-bond donors (Lipinski definition) is 1. The van der Waals surface area contributed by atoms with Crippen LogP contribution in [0.4, 0.5) is 0 Å². The standard InChI is InChI=1S/C15H16N2S.ClH/c1-3-11-12-6-4-5-7-13(12)18-15(11)14-10(2)8-16-9-17-14;/h4-9,14H,3H2,1-2H3,(H,16,17);1H. The molecule has 0 fully saturated rings. The Morgan fingerprint density at radius 2 is 2.11 bits per heavy atom. The molecule has 0 amide bonds. The molecule has 0 spiro atoms. The normalized spacial score (nSPS) is 17.8. The number of thiophene rings is 1. The van der Waals surface area contributed by atoms with Crippen LogP contribution in [0.25, 0.3) is 10.1 Å². The van der Waals surface area contributed by atoms with Gasteiger partial charge < -0.3 is 5.32 Å².